The van der Waals surface area contributed by atoms with Gasteiger partial charge in [-0.3, -0.25) is 48.9 Å². The van der Waals surface area contributed by atoms with Gasteiger partial charge in [0.25, 0.3) is 27.8 Å². The maximum absolute atomic E-state index is 12.5. The molecule has 6 heterocycles. The summed E-state index contributed by atoms with van der Waals surface area (Å²) in [6, 6.07) is -3.24. The molecule has 38 heteroatoms. The smallest absolute Gasteiger partial charge is 0.391 e. The number of rotatable bonds is 27. The first kappa shape index (κ1) is 86.1. The Bertz CT molecular complexity index is 3900. The number of hydrogen-bond acceptors (Lipinski definition) is 18. The lowest BCUT2D eigenvalue weighted by Gasteiger charge is -2.28. The van der Waals surface area contributed by atoms with Crippen molar-refractivity contribution in [2.45, 2.75) is 176 Å². The van der Waals surface area contributed by atoms with Crippen molar-refractivity contribution in [3.05, 3.63) is 156 Å². The van der Waals surface area contributed by atoms with E-state index >= 15 is 0 Å². The van der Waals surface area contributed by atoms with E-state index < -0.39 is 105 Å². The molecule has 11 N–H and O–H groups in total. The highest BCUT2D eigenvalue weighted by Crippen LogP contribution is 2.25. The lowest BCUT2D eigenvalue weighted by Crippen LogP contribution is -2.44. The third-order valence-electron chi connectivity index (χ3n) is 14.1. The van der Waals surface area contributed by atoms with Crippen LogP contribution in [0.25, 0.3) is 0 Å². The maximum atomic E-state index is 12.5. The molecule has 5 amide bonds. The van der Waals surface area contributed by atoms with Crippen LogP contribution in [0.15, 0.2) is 83.4 Å². The van der Waals surface area contributed by atoms with Gasteiger partial charge in [0.1, 0.15) is 16.3 Å². The molecule has 5 aromatic heterocycles. The summed E-state index contributed by atoms with van der Waals surface area (Å²) in [5.74, 6) is 0. The highest BCUT2D eigenvalue weighted by molar-refractivity contribution is 9.10. The molecule has 0 aliphatic carbocycles. The van der Waals surface area contributed by atoms with E-state index in [1.165, 1.54) is 17.4 Å². The zero-order valence-corrected chi connectivity index (χ0v) is 58.5. The first-order valence-corrected chi connectivity index (χ1v) is 33.8. The number of carbonyl (C=O) groups excluding carboxylic acids is 5. The number of nitrogens with one attached hydrogen (secondary N) is 10. The first-order valence-electron chi connectivity index (χ1n) is 32.6. The lowest BCUT2D eigenvalue weighted by atomic mass is 10.2. The number of aromatic amines is 5. The number of anilines is 1. The average molecular weight is 1490 g/mol. The van der Waals surface area contributed by atoms with Crippen molar-refractivity contribution in [1.82, 2.24) is 74.3 Å². The van der Waals surface area contributed by atoms with Crippen molar-refractivity contribution in [3.63, 3.8) is 0 Å². The van der Waals surface area contributed by atoms with Crippen molar-refractivity contribution in [2.24, 2.45) is 0 Å². The van der Waals surface area contributed by atoms with Gasteiger partial charge >= 0.3 is 64.8 Å². The number of carbonyl (C=O) groups is 5. The summed E-state index contributed by atoms with van der Waals surface area (Å²) in [6.45, 7) is 14.3. The van der Waals surface area contributed by atoms with E-state index in [9.17, 15) is 85.1 Å². The number of halogens is 5. The molecule has 6 rings (SSSR count). The molecule has 33 nitrogen and oxygen atoms in total. The molecule has 0 bridgehead atoms. The van der Waals surface area contributed by atoms with E-state index in [2.05, 4.69) is 75.2 Å². The standard InChI is InChI=1S/C15H24N4O4.C12H16F3N3O3.C12H19N3O4.C11H16BrN3O3.C11H16ClN3O3/c1-2-3-4-5-6-16-14(21)19-11-12(13(20)17-15(19)22)18-7-9-23-10-8-18;1-2-3-4-5-6-16-10(20)18-7-8(12(13,14)15)9(19)17-11(18)21;1-2-3-4-5-6-13-11(18)15-7-9(8-16)10(17)14-12(15)19;2*1-2-3-4-5-6-13-10(17)15-7-8(12)9(16)14-11(15)18/h11H,2-10H2,1H3,(H,16,21)(H,17,20,22);7H,2-6H2,1H3,(H,16,20)(H,17,19,21);7,16H,2-6,8H2,1H3,(H,13,18)(H,14,17,19);2*7H,2-6H2,1H3,(H,13,17)(H,14,16,18). The maximum Gasteiger partial charge on any atom is 0.423 e. The third kappa shape index (κ3) is 31.6. The second-order valence-corrected chi connectivity index (χ2v) is 23.3. The molecule has 0 saturated carbocycles. The van der Waals surface area contributed by atoms with Crippen LogP contribution in [0.2, 0.25) is 5.02 Å². The predicted octanol–water partition coefficient (Wildman–Crippen LogP) is 5.14. The first-order chi connectivity index (χ1) is 47.1. The van der Waals surface area contributed by atoms with Crippen LogP contribution in [0.5, 0.6) is 0 Å². The summed E-state index contributed by atoms with van der Waals surface area (Å²) in [4.78, 5) is 184. The number of unbranched alkanes of at least 4 members (excludes halogenated alkanes) is 15. The zero-order valence-electron chi connectivity index (χ0n) is 56.2. The number of aliphatic hydroxyl groups is 1. The van der Waals surface area contributed by atoms with E-state index in [0.29, 0.717) is 64.6 Å². The van der Waals surface area contributed by atoms with E-state index in [-0.39, 0.29) is 32.4 Å². The third-order valence-corrected chi connectivity index (χ3v) is 15.0. The van der Waals surface area contributed by atoms with Crippen molar-refractivity contribution in [3.8, 4) is 0 Å². The van der Waals surface area contributed by atoms with Gasteiger partial charge in [0.05, 0.1) is 29.9 Å². The molecule has 0 unspecified atom stereocenters. The Morgan fingerprint density at radius 1 is 0.444 bits per heavy atom. The molecule has 0 atom stereocenters. The Morgan fingerprint density at radius 3 is 1.12 bits per heavy atom. The summed E-state index contributed by atoms with van der Waals surface area (Å²) in [5.41, 5.74) is -9.57. The van der Waals surface area contributed by atoms with Crippen LogP contribution in [-0.4, -0.2) is 142 Å². The molecule has 1 fully saturated rings. The van der Waals surface area contributed by atoms with Crippen LogP contribution in [0.4, 0.5) is 42.8 Å². The van der Waals surface area contributed by atoms with Gasteiger partial charge in [-0.05, 0) is 48.0 Å². The van der Waals surface area contributed by atoms with Gasteiger partial charge in [0.15, 0.2) is 0 Å². The van der Waals surface area contributed by atoms with Gasteiger partial charge in [-0.25, -0.2) is 70.8 Å². The fraction of sp³-hybridized carbons (Fsp3) is 0.590. The average Bonchev–Trinajstić information content (AvgIpc) is 0.826. The Morgan fingerprint density at radius 2 is 0.758 bits per heavy atom. The predicted molar refractivity (Wildman–Crippen MR) is 368 cm³/mol. The minimum atomic E-state index is -4.94. The van der Waals surface area contributed by atoms with E-state index in [1.807, 2.05) is 26.8 Å². The normalized spacial score (nSPS) is 11.6. The number of ether oxygens (including phenoxy) is 1. The highest BCUT2D eigenvalue weighted by atomic mass is 79.9. The van der Waals surface area contributed by atoms with E-state index in [0.717, 1.165) is 153 Å². The van der Waals surface area contributed by atoms with Crippen molar-refractivity contribution in [1.29, 1.82) is 0 Å². The number of alkyl halides is 3. The highest BCUT2D eigenvalue weighted by Gasteiger charge is 2.35. The van der Waals surface area contributed by atoms with Crippen molar-refractivity contribution in [2.75, 3.05) is 63.9 Å². The Hall–Kier alpha value is -8.97. The Kier molecular flexibility index (Phi) is 41.0. The van der Waals surface area contributed by atoms with Crippen molar-refractivity contribution < 1.29 is 47.0 Å². The molecule has 99 heavy (non-hydrogen) atoms. The summed E-state index contributed by atoms with van der Waals surface area (Å²) >= 11 is 8.52. The molecule has 1 saturated heterocycles. The molecular weight excluding hydrogens is 1400 g/mol. The molecule has 1 aliphatic heterocycles. The van der Waals surface area contributed by atoms with Gasteiger partial charge in [-0.2, -0.15) is 13.2 Å². The number of morpholine rings is 1. The second-order valence-electron chi connectivity index (χ2n) is 22.0. The van der Waals surface area contributed by atoms with Crippen LogP contribution >= 0.6 is 27.5 Å². The van der Waals surface area contributed by atoms with Gasteiger partial charge in [-0.15, -0.1) is 0 Å². The number of hydrogen-bond donors (Lipinski definition) is 11. The fourth-order valence-corrected chi connectivity index (χ4v) is 9.05. The summed E-state index contributed by atoms with van der Waals surface area (Å²) in [7, 11) is 0. The number of H-pyrrole nitrogens is 5. The summed E-state index contributed by atoms with van der Waals surface area (Å²) in [6.07, 6.45) is 19.8. The Labute approximate surface area is 577 Å². The number of nitrogens with zero attached hydrogens (tertiary/aromatic N) is 6. The van der Waals surface area contributed by atoms with Crippen LogP contribution < -0.4 is 87.7 Å². The minimum Gasteiger partial charge on any atom is -0.391 e. The number of aromatic nitrogens is 10. The van der Waals surface area contributed by atoms with E-state index in [1.54, 1.807) is 0 Å². The molecule has 1 aliphatic rings. The van der Waals surface area contributed by atoms with Gasteiger partial charge in [0, 0.05) is 76.8 Å². The SMILES string of the molecule is CCCCCCNC(=O)n1cc(Br)c(=O)[nH]c1=O.CCCCCCNC(=O)n1cc(C(F)(F)F)c(=O)[nH]c1=O.CCCCCCNC(=O)n1cc(CO)c(=O)[nH]c1=O.CCCCCCNC(=O)n1cc(Cl)c(=O)[nH]c1=O.CCCCCCNC(=O)n1cc(N2CCOCC2)c(=O)[nH]c1=O. The number of aliphatic hydroxyl groups excluding tert-OH is 1. The van der Waals surface area contributed by atoms with Gasteiger partial charge in [0.2, 0.25) is 0 Å². The molecule has 0 aromatic carbocycles. The topological polar surface area (TPSA) is 452 Å². The number of amides is 5. The molecule has 0 radical (unpaired) electrons. The fourth-order valence-electron chi connectivity index (χ4n) is 8.60. The lowest BCUT2D eigenvalue weighted by molar-refractivity contribution is -0.139. The van der Waals surface area contributed by atoms with Crippen LogP contribution in [-0.2, 0) is 17.5 Å². The molecule has 0 spiro atoms. The summed E-state index contributed by atoms with van der Waals surface area (Å²) in [5, 5.41) is 21.6. The van der Waals surface area contributed by atoms with Crippen LogP contribution in [0.1, 0.15) is 174 Å². The van der Waals surface area contributed by atoms with E-state index in [4.69, 9.17) is 21.4 Å². The van der Waals surface area contributed by atoms with Crippen molar-refractivity contribution >= 4 is 63.4 Å². The zero-order chi connectivity index (χ0) is 74.0. The van der Waals surface area contributed by atoms with Gasteiger partial charge < -0.3 is 41.3 Å². The molecule has 5 aromatic rings. The van der Waals surface area contributed by atoms with Gasteiger partial charge in [-0.1, -0.05) is 143 Å². The summed E-state index contributed by atoms with van der Waals surface area (Å²) < 4.78 is 46.5. The minimum absolute atomic E-state index is 0.0271. The van der Waals surface area contributed by atoms with Crippen LogP contribution in [0, 0.1) is 0 Å². The quantitative estimate of drug-likeness (QED) is 0.0303. The molecule has 552 valence electrons. The second kappa shape index (κ2) is 47.1. The van der Waals surface area contributed by atoms with Crippen LogP contribution in [0.3, 0.4) is 0 Å². The largest absolute Gasteiger partial charge is 0.423 e. The monoisotopic (exact) mass is 1490 g/mol. The Balaban J connectivity index is 0.000000422. The molecular formula is C61H91BrClF3N16O17.